The van der Waals surface area contributed by atoms with E-state index in [0.29, 0.717) is 0 Å². The van der Waals surface area contributed by atoms with E-state index in [1.807, 2.05) is 30.3 Å². The molecule has 0 aliphatic heterocycles. The maximum atomic E-state index is 11.2. The Morgan fingerprint density at radius 3 is 1.84 bits per heavy atom. The molecule has 3 rings (SSSR count). The van der Waals surface area contributed by atoms with E-state index in [4.69, 9.17) is 0 Å². The Hall–Kier alpha value is -2.32. The highest BCUT2D eigenvalue weighted by atomic mass is 16.3. The van der Waals surface area contributed by atoms with E-state index in [2.05, 4.69) is 51.1 Å². The van der Waals surface area contributed by atoms with Crippen LogP contribution in [0.4, 0.5) is 0 Å². The molecule has 0 spiro atoms. The van der Waals surface area contributed by atoms with Crippen molar-refractivity contribution in [2.75, 3.05) is 19.6 Å². The fraction of sp³-hybridized carbons (Fsp3) is 0.304. The molecule has 3 aromatic carbocycles. The van der Waals surface area contributed by atoms with E-state index < -0.39 is 0 Å². The van der Waals surface area contributed by atoms with Crippen LogP contribution >= 0.6 is 0 Å². The third-order valence-electron chi connectivity index (χ3n) is 5.12. The van der Waals surface area contributed by atoms with Crippen molar-refractivity contribution in [1.82, 2.24) is 0 Å². The van der Waals surface area contributed by atoms with Gasteiger partial charge in [0.2, 0.25) is 0 Å². The summed E-state index contributed by atoms with van der Waals surface area (Å²) in [6, 6.07) is 23.7. The van der Waals surface area contributed by atoms with E-state index in [0.717, 1.165) is 10.8 Å². The van der Waals surface area contributed by atoms with Gasteiger partial charge in [-0.15, -0.1) is 5.75 Å². The van der Waals surface area contributed by atoms with Crippen LogP contribution in [0.3, 0.4) is 0 Å². The van der Waals surface area contributed by atoms with Crippen LogP contribution in [0, 0.1) is 0 Å². The normalized spacial score (nSPS) is 11.0. The molecule has 0 aliphatic carbocycles. The van der Waals surface area contributed by atoms with E-state index >= 15 is 0 Å². The van der Waals surface area contributed by atoms with Crippen LogP contribution in [-0.2, 0) is 6.54 Å². The van der Waals surface area contributed by atoms with Crippen LogP contribution < -0.4 is 5.11 Å². The second-order valence-corrected chi connectivity index (χ2v) is 6.41. The van der Waals surface area contributed by atoms with Gasteiger partial charge in [-0.3, -0.25) is 0 Å². The number of fused-ring (bicyclic) bond motifs is 1. The molecule has 0 saturated carbocycles. The first-order valence-corrected chi connectivity index (χ1v) is 9.18. The minimum atomic E-state index is 0.100. The molecule has 0 aromatic heterocycles. The van der Waals surface area contributed by atoms with Crippen molar-refractivity contribution in [3.63, 3.8) is 0 Å². The van der Waals surface area contributed by atoms with Crippen LogP contribution in [0.5, 0.6) is 5.75 Å². The van der Waals surface area contributed by atoms with Crippen molar-refractivity contribution in [3.8, 4) is 5.75 Å². The summed E-state index contributed by atoms with van der Waals surface area (Å²) in [6.07, 6.45) is 0. The van der Waals surface area contributed by atoms with Gasteiger partial charge in [0.1, 0.15) is 6.54 Å². The molecule has 132 valence electrons. The fourth-order valence-corrected chi connectivity index (χ4v) is 3.17. The maximum absolute atomic E-state index is 11.2. The molecule has 0 bridgehead atoms. The van der Waals surface area contributed by atoms with Gasteiger partial charge in [-0.1, -0.05) is 72.8 Å². The molecular weight excluding hydrogens is 306 g/mol. The Kier molecular flexibility index (Phi) is 7.03. The second kappa shape index (κ2) is 9.24. The van der Waals surface area contributed by atoms with Gasteiger partial charge in [-0.25, -0.2) is 0 Å². The van der Waals surface area contributed by atoms with E-state index in [-0.39, 0.29) is 5.75 Å². The van der Waals surface area contributed by atoms with Crippen LogP contribution in [0.1, 0.15) is 26.3 Å². The first kappa shape index (κ1) is 19.0. The zero-order valence-corrected chi connectivity index (χ0v) is 15.6. The number of hydrogen-bond donors (Lipinski definition) is 0. The summed E-state index contributed by atoms with van der Waals surface area (Å²) in [5.41, 5.74) is 1.46. The molecule has 0 aliphatic rings. The van der Waals surface area contributed by atoms with Gasteiger partial charge in [0.25, 0.3) is 0 Å². The van der Waals surface area contributed by atoms with Gasteiger partial charge in [-0.2, -0.15) is 0 Å². The van der Waals surface area contributed by atoms with Gasteiger partial charge in [0, 0.05) is 5.56 Å². The lowest BCUT2D eigenvalue weighted by molar-refractivity contribution is -0.936. The largest absolute Gasteiger partial charge is 0.872 e. The monoisotopic (exact) mass is 335 g/mol. The second-order valence-electron chi connectivity index (χ2n) is 6.41. The summed E-state index contributed by atoms with van der Waals surface area (Å²) in [5, 5.41) is 13.0. The van der Waals surface area contributed by atoms with E-state index in [1.54, 1.807) is 12.1 Å². The SMILES string of the molecule is CC[N+](CC)(CC)Cc1ccccc1.[O-]c1cccc2ccccc12. The van der Waals surface area contributed by atoms with Gasteiger partial charge < -0.3 is 9.59 Å². The Balaban J connectivity index is 0.000000185. The zero-order valence-electron chi connectivity index (χ0n) is 15.6. The lowest BCUT2D eigenvalue weighted by atomic mass is 10.1. The molecule has 25 heavy (non-hydrogen) atoms. The first-order valence-electron chi connectivity index (χ1n) is 9.18. The molecule has 2 nitrogen and oxygen atoms in total. The molecular formula is C23H29NO. The highest BCUT2D eigenvalue weighted by molar-refractivity contribution is 5.87. The summed E-state index contributed by atoms with van der Waals surface area (Å²) < 4.78 is 1.20. The lowest BCUT2D eigenvalue weighted by Crippen LogP contribution is -2.46. The molecule has 0 heterocycles. The lowest BCUT2D eigenvalue weighted by Gasteiger charge is -2.35. The van der Waals surface area contributed by atoms with Crippen molar-refractivity contribution in [1.29, 1.82) is 0 Å². The molecule has 0 amide bonds. The number of rotatable bonds is 5. The van der Waals surface area contributed by atoms with Crippen molar-refractivity contribution in [3.05, 3.63) is 78.4 Å². The van der Waals surface area contributed by atoms with Crippen molar-refractivity contribution < 1.29 is 9.59 Å². The Labute approximate surface area is 151 Å². The molecule has 0 unspecified atom stereocenters. The van der Waals surface area contributed by atoms with Gasteiger partial charge in [0.15, 0.2) is 0 Å². The third-order valence-corrected chi connectivity index (χ3v) is 5.12. The standard InChI is InChI=1S/C13H22N.C10H8O/c1-4-14(5-2,6-3)12-13-10-8-7-9-11-13;11-10-7-3-5-8-4-1-2-6-9(8)10/h7-11H,4-6,12H2,1-3H3;1-7,11H/q+1;/p-1. The zero-order chi connectivity index (χ0) is 18.1. The topological polar surface area (TPSA) is 23.1 Å². The highest BCUT2D eigenvalue weighted by Gasteiger charge is 2.20. The Morgan fingerprint density at radius 1 is 0.680 bits per heavy atom. The summed E-state index contributed by atoms with van der Waals surface area (Å²) in [4.78, 5) is 0. The predicted molar refractivity (Wildman–Crippen MR) is 105 cm³/mol. The van der Waals surface area contributed by atoms with E-state index in [1.165, 1.54) is 36.2 Å². The average Bonchev–Trinajstić information content (AvgIpc) is 2.68. The van der Waals surface area contributed by atoms with Crippen LogP contribution in [0.2, 0.25) is 0 Å². The summed E-state index contributed by atoms with van der Waals surface area (Å²) >= 11 is 0. The quantitative estimate of drug-likeness (QED) is 0.603. The summed E-state index contributed by atoms with van der Waals surface area (Å²) in [7, 11) is 0. The minimum absolute atomic E-state index is 0.100. The van der Waals surface area contributed by atoms with Crippen molar-refractivity contribution in [2.45, 2.75) is 27.3 Å². The highest BCUT2D eigenvalue weighted by Crippen LogP contribution is 2.20. The molecule has 0 atom stereocenters. The van der Waals surface area contributed by atoms with Gasteiger partial charge in [0.05, 0.1) is 19.6 Å². The number of benzene rings is 3. The number of hydrogen-bond acceptors (Lipinski definition) is 1. The Bertz CT molecular complexity index is 750. The van der Waals surface area contributed by atoms with Crippen molar-refractivity contribution in [2.24, 2.45) is 0 Å². The molecule has 3 aromatic rings. The van der Waals surface area contributed by atoms with Gasteiger partial charge >= 0.3 is 0 Å². The average molecular weight is 335 g/mol. The predicted octanol–water partition coefficient (Wildman–Crippen LogP) is 4.98. The van der Waals surface area contributed by atoms with Crippen LogP contribution in [-0.4, -0.2) is 24.1 Å². The number of nitrogens with zero attached hydrogens (tertiary/aromatic N) is 1. The van der Waals surface area contributed by atoms with Gasteiger partial charge in [-0.05, 0) is 31.5 Å². The fourth-order valence-electron chi connectivity index (χ4n) is 3.17. The number of quaternary nitrogens is 1. The maximum Gasteiger partial charge on any atom is 0.104 e. The van der Waals surface area contributed by atoms with Crippen molar-refractivity contribution >= 4 is 10.8 Å². The Morgan fingerprint density at radius 2 is 1.24 bits per heavy atom. The van der Waals surface area contributed by atoms with Crippen LogP contribution in [0.25, 0.3) is 10.8 Å². The summed E-state index contributed by atoms with van der Waals surface area (Å²) in [5.74, 6) is 0.100. The summed E-state index contributed by atoms with van der Waals surface area (Å²) in [6.45, 7) is 11.7. The third kappa shape index (κ3) is 5.07. The molecule has 0 saturated heterocycles. The molecule has 0 N–H and O–H groups in total. The molecule has 0 radical (unpaired) electrons. The first-order chi connectivity index (χ1) is 12.1. The molecule has 2 heteroatoms. The van der Waals surface area contributed by atoms with E-state index in [9.17, 15) is 5.11 Å². The van der Waals surface area contributed by atoms with Crippen LogP contribution in [0.15, 0.2) is 72.8 Å². The minimum Gasteiger partial charge on any atom is -0.872 e. The molecule has 0 fully saturated rings. The smallest absolute Gasteiger partial charge is 0.104 e.